The lowest BCUT2D eigenvalue weighted by Gasteiger charge is -2.48. The van der Waals surface area contributed by atoms with Gasteiger partial charge >= 0.3 is 0 Å². The quantitative estimate of drug-likeness (QED) is 0.768. The number of benzene rings is 1. The Morgan fingerprint density at radius 3 is 2.34 bits per heavy atom. The SMILES string of the molecule is O=C(c1ccc(C2CCCCC2)cc1)N1CC(N2CCN(c3nccs3)CC2)C1. The van der Waals surface area contributed by atoms with Crippen LogP contribution in [0.1, 0.15) is 53.9 Å². The predicted octanol–water partition coefficient (Wildman–Crippen LogP) is 3.84. The van der Waals surface area contributed by atoms with Crippen LogP contribution in [0, 0.1) is 0 Å². The summed E-state index contributed by atoms with van der Waals surface area (Å²) in [6.07, 6.45) is 8.55. The first-order valence-corrected chi connectivity index (χ1v) is 11.9. The Balaban J connectivity index is 1.11. The topological polar surface area (TPSA) is 39.7 Å². The summed E-state index contributed by atoms with van der Waals surface area (Å²) in [5.74, 6) is 0.891. The van der Waals surface area contributed by atoms with Crippen LogP contribution < -0.4 is 4.90 Å². The molecule has 3 aliphatic rings. The molecule has 2 saturated heterocycles. The van der Waals surface area contributed by atoms with Crippen LogP contribution in [0.3, 0.4) is 0 Å². The third-order valence-corrected chi connectivity index (χ3v) is 7.74. The second-order valence-corrected chi connectivity index (χ2v) is 9.53. The van der Waals surface area contributed by atoms with Crippen molar-refractivity contribution in [3.8, 4) is 0 Å². The molecule has 1 aromatic carbocycles. The number of carbonyl (C=O) groups is 1. The molecule has 5 rings (SSSR count). The Hall–Kier alpha value is -1.92. The fourth-order valence-electron chi connectivity index (χ4n) is 5.02. The van der Waals surface area contributed by atoms with E-state index in [1.807, 2.05) is 28.6 Å². The first kappa shape index (κ1) is 19.1. The lowest BCUT2D eigenvalue weighted by atomic mass is 9.84. The van der Waals surface area contributed by atoms with E-state index in [0.29, 0.717) is 12.0 Å². The highest BCUT2D eigenvalue weighted by Gasteiger charge is 2.36. The van der Waals surface area contributed by atoms with Crippen molar-refractivity contribution in [1.29, 1.82) is 0 Å². The maximum atomic E-state index is 12.8. The molecule has 2 aliphatic heterocycles. The molecule has 1 aliphatic carbocycles. The number of aromatic nitrogens is 1. The van der Waals surface area contributed by atoms with Crippen molar-refractivity contribution in [2.75, 3.05) is 44.2 Å². The fraction of sp³-hybridized carbons (Fsp3) is 0.565. The van der Waals surface area contributed by atoms with Gasteiger partial charge in [0.2, 0.25) is 0 Å². The van der Waals surface area contributed by atoms with E-state index in [-0.39, 0.29) is 5.91 Å². The van der Waals surface area contributed by atoms with Gasteiger partial charge in [0.05, 0.1) is 0 Å². The molecule has 5 nitrogen and oxygen atoms in total. The van der Waals surface area contributed by atoms with Crippen LogP contribution in [0.25, 0.3) is 0 Å². The summed E-state index contributed by atoms with van der Waals surface area (Å²) in [6, 6.07) is 8.99. The Bertz CT molecular complexity index is 802. The van der Waals surface area contributed by atoms with Gasteiger partial charge in [-0.2, -0.15) is 0 Å². The summed E-state index contributed by atoms with van der Waals surface area (Å²) in [7, 11) is 0. The number of carbonyl (C=O) groups excluding carboxylic acids is 1. The number of hydrogen-bond acceptors (Lipinski definition) is 5. The molecule has 6 heteroatoms. The average Bonchev–Trinajstić information content (AvgIpc) is 3.29. The lowest BCUT2D eigenvalue weighted by Crippen LogP contribution is -2.64. The maximum Gasteiger partial charge on any atom is 0.253 e. The number of thiazole rings is 1. The number of rotatable bonds is 4. The van der Waals surface area contributed by atoms with Crippen LogP contribution in [0.4, 0.5) is 5.13 Å². The highest BCUT2D eigenvalue weighted by Crippen LogP contribution is 2.33. The number of piperazine rings is 1. The zero-order valence-corrected chi connectivity index (χ0v) is 17.8. The predicted molar refractivity (Wildman–Crippen MR) is 118 cm³/mol. The van der Waals surface area contributed by atoms with Gasteiger partial charge in [-0.1, -0.05) is 31.4 Å². The molecule has 1 amide bonds. The number of likely N-dealkylation sites (tertiary alicyclic amines) is 1. The Labute approximate surface area is 177 Å². The van der Waals surface area contributed by atoms with E-state index < -0.39 is 0 Å². The number of nitrogens with zero attached hydrogens (tertiary/aromatic N) is 4. The van der Waals surface area contributed by atoms with Gasteiger partial charge in [0.1, 0.15) is 0 Å². The van der Waals surface area contributed by atoms with Gasteiger partial charge in [-0.05, 0) is 36.5 Å². The minimum Gasteiger partial charge on any atom is -0.346 e. The fourth-order valence-corrected chi connectivity index (χ4v) is 5.72. The summed E-state index contributed by atoms with van der Waals surface area (Å²) in [5.41, 5.74) is 2.26. The molecule has 2 aromatic rings. The monoisotopic (exact) mass is 410 g/mol. The molecular formula is C23H30N4OS. The second-order valence-electron chi connectivity index (χ2n) is 8.66. The minimum atomic E-state index is 0.192. The molecule has 3 fully saturated rings. The molecule has 154 valence electrons. The zero-order valence-electron chi connectivity index (χ0n) is 17.0. The summed E-state index contributed by atoms with van der Waals surface area (Å²) >= 11 is 1.71. The average molecular weight is 411 g/mol. The van der Waals surface area contributed by atoms with Gasteiger partial charge in [-0.3, -0.25) is 9.69 Å². The second kappa shape index (κ2) is 8.44. The Morgan fingerprint density at radius 1 is 0.966 bits per heavy atom. The van der Waals surface area contributed by atoms with Crippen LogP contribution >= 0.6 is 11.3 Å². The third kappa shape index (κ3) is 4.05. The first-order valence-electron chi connectivity index (χ1n) is 11.1. The summed E-state index contributed by atoms with van der Waals surface area (Å²) in [5, 5.41) is 3.17. The van der Waals surface area contributed by atoms with Crippen LogP contribution in [0.5, 0.6) is 0 Å². The largest absolute Gasteiger partial charge is 0.346 e. The van der Waals surface area contributed by atoms with E-state index >= 15 is 0 Å². The van der Waals surface area contributed by atoms with E-state index in [1.165, 1.54) is 37.7 Å². The van der Waals surface area contributed by atoms with Gasteiger partial charge in [-0.15, -0.1) is 11.3 Å². The van der Waals surface area contributed by atoms with Crippen molar-refractivity contribution >= 4 is 22.4 Å². The molecule has 0 radical (unpaired) electrons. The molecule has 0 spiro atoms. The Kier molecular flexibility index (Phi) is 5.55. The van der Waals surface area contributed by atoms with Crippen molar-refractivity contribution in [1.82, 2.24) is 14.8 Å². The molecular weight excluding hydrogens is 380 g/mol. The van der Waals surface area contributed by atoms with Gasteiger partial charge in [0.15, 0.2) is 5.13 Å². The first-order chi connectivity index (χ1) is 14.3. The van der Waals surface area contributed by atoms with Crippen molar-refractivity contribution in [3.63, 3.8) is 0 Å². The number of anilines is 1. The molecule has 0 unspecified atom stereocenters. The van der Waals surface area contributed by atoms with E-state index in [2.05, 4.69) is 26.9 Å². The highest BCUT2D eigenvalue weighted by atomic mass is 32.1. The Morgan fingerprint density at radius 2 is 1.69 bits per heavy atom. The van der Waals surface area contributed by atoms with Gasteiger partial charge in [0, 0.05) is 62.5 Å². The van der Waals surface area contributed by atoms with Crippen LogP contribution in [0.2, 0.25) is 0 Å². The van der Waals surface area contributed by atoms with Crippen molar-refractivity contribution < 1.29 is 4.79 Å². The van der Waals surface area contributed by atoms with Crippen molar-refractivity contribution in [2.24, 2.45) is 0 Å². The molecule has 3 heterocycles. The summed E-state index contributed by atoms with van der Waals surface area (Å²) < 4.78 is 0. The summed E-state index contributed by atoms with van der Waals surface area (Å²) in [4.78, 5) is 24.2. The highest BCUT2D eigenvalue weighted by molar-refractivity contribution is 7.13. The van der Waals surface area contributed by atoms with Crippen LogP contribution in [-0.2, 0) is 0 Å². The zero-order chi connectivity index (χ0) is 19.6. The molecule has 0 atom stereocenters. The molecule has 1 aromatic heterocycles. The van der Waals surface area contributed by atoms with E-state index in [9.17, 15) is 4.79 Å². The van der Waals surface area contributed by atoms with Crippen LogP contribution in [0.15, 0.2) is 35.8 Å². The van der Waals surface area contributed by atoms with E-state index in [0.717, 1.165) is 50.0 Å². The minimum absolute atomic E-state index is 0.192. The van der Waals surface area contributed by atoms with Crippen molar-refractivity contribution in [3.05, 3.63) is 47.0 Å². The molecule has 0 bridgehead atoms. The van der Waals surface area contributed by atoms with E-state index in [4.69, 9.17) is 0 Å². The normalized spacial score (nSPS) is 21.9. The molecule has 1 saturated carbocycles. The van der Waals surface area contributed by atoms with E-state index in [1.54, 1.807) is 11.3 Å². The van der Waals surface area contributed by atoms with Crippen molar-refractivity contribution in [2.45, 2.75) is 44.1 Å². The van der Waals surface area contributed by atoms with Gasteiger partial charge in [0.25, 0.3) is 5.91 Å². The van der Waals surface area contributed by atoms with Gasteiger partial charge in [-0.25, -0.2) is 4.98 Å². The number of amides is 1. The third-order valence-electron chi connectivity index (χ3n) is 6.90. The molecule has 29 heavy (non-hydrogen) atoms. The lowest BCUT2D eigenvalue weighted by molar-refractivity contribution is 0.0247. The number of hydrogen-bond donors (Lipinski definition) is 0. The smallest absolute Gasteiger partial charge is 0.253 e. The van der Waals surface area contributed by atoms with Gasteiger partial charge < -0.3 is 9.80 Å². The molecule has 0 N–H and O–H groups in total. The van der Waals surface area contributed by atoms with Crippen LogP contribution in [-0.4, -0.2) is 66.0 Å². The summed E-state index contributed by atoms with van der Waals surface area (Å²) in [6.45, 7) is 5.90. The standard InChI is InChI=1S/C23H30N4OS/c28-22(20-8-6-19(7-9-20)18-4-2-1-3-5-18)27-16-21(17-27)25-11-13-26(14-12-25)23-24-10-15-29-23/h6-10,15,18,21H,1-5,11-14,16-17H2. The maximum absolute atomic E-state index is 12.8.